The lowest BCUT2D eigenvalue weighted by atomic mass is 9.87. The Kier molecular flexibility index (Phi) is 7.73. The van der Waals surface area contributed by atoms with Crippen molar-refractivity contribution in [3.63, 3.8) is 0 Å². The minimum Gasteiger partial charge on any atom is -0.497 e. The number of nitrogens with zero attached hydrogens (tertiary/aromatic N) is 1. The second-order valence-electron chi connectivity index (χ2n) is 9.00. The molecule has 1 aliphatic heterocycles. The number of unbranched alkanes of at least 4 members (excludes halogenated alkanes) is 1. The Balaban J connectivity index is 1.90. The number of aromatic nitrogens is 1. The maximum Gasteiger partial charge on any atom is 0.238 e. The van der Waals surface area contributed by atoms with Crippen molar-refractivity contribution in [1.82, 2.24) is 15.2 Å². The van der Waals surface area contributed by atoms with Gasteiger partial charge in [-0.15, -0.1) is 0 Å². The first kappa shape index (κ1) is 23.3. The molecule has 0 saturated heterocycles. The number of amides is 1. The van der Waals surface area contributed by atoms with E-state index in [0.29, 0.717) is 25.3 Å². The predicted molar refractivity (Wildman–Crippen MR) is 123 cm³/mol. The highest BCUT2D eigenvalue weighted by Gasteiger charge is 2.38. The SMILES string of the molecule is COc1ccc2c3c([nH]c2c1)C(CC(C)C)N(C)C(C(=O)NC(C=O)CCCCN)C3. The molecule has 0 bridgehead atoms. The highest BCUT2D eigenvalue weighted by molar-refractivity contribution is 5.90. The normalized spacial score (nSPS) is 19.9. The fourth-order valence-corrected chi connectivity index (χ4v) is 4.62. The van der Waals surface area contributed by atoms with Crippen molar-refractivity contribution >= 4 is 23.1 Å². The van der Waals surface area contributed by atoms with Gasteiger partial charge in [-0.1, -0.05) is 13.8 Å². The highest BCUT2D eigenvalue weighted by atomic mass is 16.5. The number of methoxy groups -OCH3 is 1. The lowest BCUT2D eigenvalue weighted by Gasteiger charge is -2.39. The molecule has 2 aromatic rings. The van der Waals surface area contributed by atoms with Crippen LogP contribution in [0.15, 0.2) is 18.2 Å². The maximum atomic E-state index is 13.2. The van der Waals surface area contributed by atoms with Crippen LogP contribution in [0.25, 0.3) is 10.9 Å². The van der Waals surface area contributed by atoms with Gasteiger partial charge in [0.15, 0.2) is 0 Å². The quantitative estimate of drug-likeness (QED) is 0.399. The molecular weight excluding hydrogens is 392 g/mol. The number of benzene rings is 1. The van der Waals surface area contributed by atoms with Crippen LogP contribution in [0.1, 0.15) is 56.8 Å². The summed E-state index contributed by atoms with van der Waals surface area (Å²) in [5.41, 5.74) is 8.95. The summed E-state index contributed by atoms with van der Waals surface area (Å²) in [5.74, 6) is 1.19. The van der Waals surface area contributed by atoms with Gasteiger partial charge in [0.2, 0.25) is 5.91 Å². The lowest BCUT2D eigenvalue weighted by molar-refractivity contribution is -0.129. The fourth-order valence-electron chi connectivity index (χ4n) is 4.62. The summed E-state index contributed by atoms with van der Waals surface area (Å²) in [6.45, 7) is 4.99. The van der Waals surface area contributed by atoms with Gasteiger partial charge in [-0.25, -0.2) is 0 Å². The van der Waals surface area contributed by atoms with E-state index in [-0.39, 0.29) is 18.0 Å². The van der Waals surface area contributed by atoms with Gasteiger partial charge < -0.3 is 25.6 Å². The van der Waals surface area contributed by atoms with Gasteiger partial charge in [-0.05, 0) is 69.3 Å². The molecule has 4 N–H and O–H groups in total. The molecule has 0 radical (unpaired) electrons. The zero-order valence-corrected chi connectivity index (χ0v) is 19.1. The number of hydrogen-bond acceptors (Lipinski definition) is 5. The number of H-pyrrole nitrogens is 1. The summed E-state index contributed by atoms with van der Waals surface area (Å²) in [7, 11) is 3.67. The molecule has 0 saturated carbocycles. The topological polar surface area (TPSA) is 100 Å². The number of nitrogens with one attached hydrogen (secondary N) is 2. The molecule has 0 fully saturated rings. The van der Waals surface area contributed by atoms with Gasteiger partial charge >= 0.3 is 0 Å². The second-order valence-corrected chi connectivity index (χ2v) is 9.00. The average molecular weight is 429 g/mol. The number of hydrogen-bond donors (Lipinski definition) is 3. The van der Waals surface area contributed by atoms with Crippen molar-refractivity contribution in [1.29, 1.82) is 0 Å². The minimum atomic E-state index is -0.468. The van der Waals surface area contributed by atoms with Crippen LogP contribution in [-0.2, 0) is 16.0 Å². The zero-order valence-electron chi connectivity index (χ0n) is 19.1. The van der Waals surface area contributed by atoms with Gasteiger partial charge in [0.25, 0.3) is 0 Å². The summed E-state index contributed by atoms with van der Waals surface area (Å²) < 4.78 is 5.39. The molecule has 0 aliphatic carbocycles. The van der Waals surface area contributed by atoms with E-state index in [1.165, 1.54) is 11.3 Å². The Morgan fingerprint density at radius 1 is 1.39 bits per heavy atom. The summed E-state index contributed by atoms with van der Waals surface area (Å²) in [6, 6.07) is 5.34. The monoisotopic (exact) mass is 428 g/mol. The standard InChI is InChI=1S/C24H36N4O3/c1-15(2)11-21-23-19(18-9-8-17(31-4)12-20(18)27-23)13-22(28(21)3)24(30)26-16(14-29)7-5-6-10-25/h8-9,12,14-16,21-22,27H,5-7,10-11,13,25H2,1-4H3,(H,26,30). The third-order valence-corrected chi connectivity index (χ3v) is 6.32. The Morgan fingerprint density at radius 3 is 2.81 bits per heavy atom. The van der Waals surface area contributed by atoms with Gasteiger partial charge in [0.1, 0.15) is 12.0 Å². The summed E-state index contributed by atoms with van der Waals surface area (Å²) >= 11 is 0. The van der Waals surface area contributed by atoms with E-state index in [1.807, 2.05) is 19.2 Å². The van der Waals surface area contributed by atoms with Crippen molar-refractivity contribution in [2.45, 2.75) is 64.1 Å². The zero-order chi connectivity index (χ0) is 22.5. The van der Waals surface area contributed by atoms with E-state index in [0.717, 1.165) is 42.2 Å². The number of fused-ring (bicyclic) bond motifs is 3. The number of likely N-dealkylation sites (N-methyl/N-ethyl adjacent to an activating group) is 1. The molecular formula is C24H36N4O3. The third kappa shape index (κ3) is 5.10. The summed E-state index contributed by atoms with van der Waals surface area (Å²) in [4.78, 5) is 30.5. The molecule has 1 aromatic heterocycles. The Hall–Kier alpha value is -2.38. The number of ether oxygens (including phenoxy) is 1. The molecule has 1 amide bonds. The molecule has 3 unspecified atom stereocenters. The first-order valence-electron chi connectivity index (χ1n) is 11.3. The van der Waals surface area contributed by atoms with E-state index >= 15 is 0 Å². The van der Waals surface area contributed by atoms with Gasteiger partial charge in [-0.3, -0.25) is 9.69 Å². The number of nitrogens with two attached hydrogens (primary N) is 1. The van der Waals surface area contributed by atoms with Crippen LogP contribution < -0.4 is 15.8 Å². The highest BCUT2D eigenvalue weighted by Crippen LogP contribution is 2.40. The van der Waals surface area contributed by atoms with Crippen LogP contribution in [0.2, 0.25) is 0 Å². The van der Waals surface area contributed by atoms with E-state index in [2.05, 4.69) is 35.1 Å². The lowest BCUT2D eigenvalue weighted by Crippen LogP contribution is -2.53. The second kappa shape index (κ2) is 10.3. The predicted octanol–water partition coefficient (Wildman–Crippen LogP) is 2.93. The van der Waals surface area contributed by atoms with Crippen LogP contribution in [0.3, 0.4) is 0 Å². The number of carbonyl (C=O) groups excluding carboxylic acids is 2. The van der Waals surface area contributed by atoms with E-state index in [4.69, 9.17) is 10.5 Å². The van der Waals surface area contributed by atoms with E-state index in [9.17, 15) is 9.59 Å². The van der Waals surface area contributed by atoms with Crippen molar-refractivity contribution in [2.24, 2.45) is 11.7 Å². The van der Waals surface area contributed by atoms with E-state index < -0.39 is 6.04 Å². The summed E-state index contributed by atoms with van der Waals surface area (Å²) in [5, 5.41) is 4.10. The third-order valence-electron chi connectivity index (χ3n) is 6.32. The molecule has 7 nitrogen and oxygen atoms in total. The largest absolute Gasteiger partial charge is 0.497 e. The van der Waals surface area contributed by atoms with Gasteiger partial charge in [0.05, 0.1) is 25.2 Å². The summed E-state index contributed by atoms with van der Waals surface area (Å²) in [6.07, 6.45) is 4.67. The molecule has 7 heteroatoms. The van der Waals surface area contributed by atoms with E-state index in [1.54, 1.807) is 7.11 Å². The number of aldehydes is 1. The van der Waals surface area contributed by atoms with Gasteiger partial charge in [0, 0.05) is 22.7 Å². The molecule has 1 aliphatic rings. The first-order chi connectivity index (χ1) is 14.9. The molecule has 1 aromatic carbocycles. The number of carbonyl (C=O) groups is 2. The number of rotatable bonds is 10. The molecule has 3 rings (SSSR count). The average Bonchev–Trinajstić information content (AvgIpc) is 3.11. The maximum absolute atomic E-state index is 13.2. The Bertz CT molecular complexity index is 908. The minimum absolute atomic E-state index is 0.0883. The van der Waals surface area contributed by atoms with Crippen LogP contribution in [0, 0.1) is 5.92 Å². The van der Waals surface area contributed by atoms with Crippen LogP contribution in [0.4, 0.5) is 0 Å². The number of aromatic amines is 1. The van der Waals surface area contributed by atoms with Crippen LogP contribution in [0.5, 0.6) is 5.75 Å². The van der Waals surface area contributed by atoms with Crippen LogP contribution in [-0.4, -0.2) is 54.9 Å². The molecule has 2 heterocycles. The van der Waals surface area contributed by atoms with Gasteiger partial charge in [-0.2, -0.15) is 0 Å². The van der Waals surface area contributed by atoms with Crippen LogP contribution >= 0.6 is 0 Å². The van der Waals surface area contributed by atoms with Crippen molar-refractivity contribution in [2.75, 3.05) is 20.7 Å². The molecule has 170 valence electrons. The Morgan fingerprint density at radius 2 is 2.16 bits per heavy atom. The Labute approximate surface area is 184 Å². The van der Waals surface area contributed by atoms with Crippen molar-refractivity contribution in [3.05, 3.63) is 29.5 Å². The fraction of sp³-hybridized carbons (Fsp3) is 0.583. The molecule has 3 atom stereocenters. The molecule has 31 heavy (non-hydrogen) atoms. The first-order valence-corrected chi connectivity index (χ1v) is 11.3. The van der Waals surface area contributed by atoms with Crippen molar-refractivity contribution in [3.8, 4) is 5.75 Å². The van der Waals surface area contributed by atoms with Crippen molar-refractivity contribution < 1.29 is 14.3 Å². The smallest absolute Gasteiger partial charge is 0.238 e. The molecule has 0 spiro atoms.